The number of sulfone groups is 1. The maximum absolute atomic E-state index is 14.2. The van der Waals surface area contributed by atoms with Crippen molar-refractivity contribution in [2.75, 3.05) is 30.9 Å². The lowest BCUT2D eigenvalue weighted by Crippen LogP contribution is -2.38. The zero-order chi connectivity index (χ0) is 23.6. The first-order valence-corrected chi connectivity index (χ1v) is 12.8. The summed E-state index contributed by atoms with van der Waals surface area (Å²) in [6.07, 6.45) is 1.05. The smallest absolute Gasteiger partial charge is 0.229 e. The summed E-state index contributed by atoms with van der Waals surface area (Å²) in [4.78, 5) is 18.7. The number of carbonyl (C=O) groups is 1. The van der Waals surface area contributed by atoms with Crippen molar-refractivity contribution < 1.29 is 31.5 Å². The van der Waals surface area contributed by atoms with Gasteiger partial charge in [0.15, 0.2) is 20.8 Å². The molecule has 1 amide bonds. The molecule has 1 aliphatic rings. The molecule has 1 unspecified atom stereocenters. The summed E-state index contributed by atoms with van der Waals surface area (Å²) in [5.74, 6) is -1.93. The minimum Gasteiger partial charge on any atom is -0.497 e. The summed E-state index contributed by atoms with van der Waals surface area (Å²) >= 11 is 0.974. The number of ether oxygens (including phenoxy) is 2. The molecule has 7 nitrogen and oxygen atoms in total. The number of halogens is 2. The van der Waals surface area contributed by atoms with E-state index in [9.17, 15) is 22.0 Å². The number of fused-ring (bicyclic) bond motifs is 1. The van der Waals surface area contributed by atoms with E-state index < -0.39 is 33.1 Å². The lowest BCUT2D eigenvalue weighted by atomic mass is 10.2. The second-order valence-corrected chi connectivity index (χ2v) is 10.7. The molecule has 0 aliphatic carbocycles. The van der Waals surface area contributed by atoms with Gasteiger partial charge in [0, 0.05) is 19.1 Å². The van der Waals surface area contributed by atoms with Gasteiger partial charge in [0.25, 0.3) is 0 Å². The third-order valence-corrected chi connectivity index (χ3v) is 8.10. The molecule has 33 heavy (non-hydrogen) atoms. The quantitative estimate of drug-likeness (QED) is 0.469. The SMILES string of the molecule is COc1ccc(S(=O)(=O)CCC(=O)N(CC2CCCO2)c2nc3c(F)cc(F)cc3s2)cc1. The van der Waals surface area contributed by atoms with Crippen LogP contribution in [0.1, 0.15) is 19.3 Å². The lowest BCUT2D eigenvalue weighted by Gasteiger charge is -2.23. The zero-order valence-electron chi connectivity index (χ0n) is 17.8. The minimum atomic E-state index is -3.72. The molecular weight excluding hydrogens is 474 g/mol. The highest BCUT2D eigenvalue weighted by molar-refractivity contribution is 7.91. The van der Waals surface area contributed by atoms with Crippen molar-refractivity contribution in [1.82, 2.24) is 4.98 Å². The summed E-state index contributed by atoms with van der Waals surface area (Å²) in [7, 11) is -2.24. The average Bonchev–Trinajstić information content (AvgIpc) is 3.46. The molecule has 0 saturated carbocycles. The molecule has 1 fully saturated rings. The van der Waals surface area contributed by atoms with E-state index in [1.165, 1.54) is 36.3 Å². The van der Waals surface area contributed by atoms with Crippen LogP contribution in [0.5, 0.6) is 5.75 Å². The van der Waals surface area contributed by atoms with Crippen LogP contribution in [0, 0.1) is 11.6 Å². The fraction of sp³-hybridized carbons (Fsp3) is 0.364. The monoisotopic (exact) mass is 496 g/mol. The van der Waals surface area contributed by atoms with E-state index in [1.807, 2.05) is 0 Å². The molecule has 1 aromatic heterocycles. The Hall–Kier alpha value is -2.63. The highest BCUT2D eigenvalue weighted by Crippen LogP contribution is 2.32. The van der Waals surface area contributed by atoms with Crippen molar-refractivity contribution >= 4 is 42.4 Å². The molecule has 2 heterocycles. The van der Waals surface area contributed by atoms with Crippen molar-refractivity contribution in [3.63, 3.8) is 0 Å². The van der Waals surface area contributed by atoms with Gasteiger partial charge in [-0.1, -0.05) is 11.3 Å². The molecule has 1 atom stereocenters. The Morgan fingerprint density at radius 2 is 2.03 bits per heavy atom. The third kappa shape index (κ3) is 5.31. The number of nitrogens with zero attached hydrogens (tertiary/aromatic N) is 2. The average molecular weight is 497 g/mol. The van der Waals surface area contributed by atoms with Crippen molar-refractivity contribution in [3.05, 3.63) is 48.0 Å². The van der Waals surface area contributed by atoms with Gasteiger partial charge in [-0.15, -0.1) is 0 Å². The van der Waals surface area contributed by atoms with Crippen LogP contribution in [0.15, 0.2) is 41.3 Å². The summed E-state index contributed by atoms with van der Waals surface area (Å²) in [6.45, 7) is 0.726. The van der Waals surface area contributed by atoms with E-state index in [-0.39, 0.29) is 39.3 Å². The second kappa shape index (κ2) is 9.70. The first-order valence-electron chi connectivity index (χ1n) is 10.3. The number of amides is 1. The Kier molecular flexibility index (Phi) is 6.91. The summed E-state index contributed by atoms with van der Waals surface area (Å²) < 4.78 is 64.2. The summed E-state index contributed by atoms with van der Waals surface area (Å²) in [5, 5.41) is 0.178. The lowest BCUT2D eigenvalue weighted by molar-refractivity contribution is -0.118. The van der Waals surface area contributed by atoms with Gasteiger partial charge in [0.05, 0.1) is 35.1 Å². The maximum Gasteiger partial charge on any atom is 0.229 e. The molecule has 0 N–H and O–H groups in total. The Labute approximate surface area is 193 Å². The summed E-state index contributed by atoms with van der Waals surface area (Å²) in [6, 6.07) is 7.81. The van der Waals surface area contributed by atoms with Crippen molar-refractivity contribution in [2.24, 2.45) is 0 Å². The van der Waals surface area contributed by atoms with Gasteiger partial charge in [-0.2, -0.15) is 0 Å². The number of rotatable bonds is 8. The van der Waals surface area contributed by atoms with Gasteiger partial charge in [-0.05, 0) is 43.2 Å². The van der Waals surface area contributed by atoms with Gasteiger partial charge in [-0.25, -0.2) is 22.2 Å². The fourth-order valence-electron chi connectivity index (χ4n) is 3.60. The first kappa shape index (κ1) is 23.5. The number of hydrogen-bond donors (Lipinski definition) is 0. The molecule has 0 bridgehead atoms. The molecule has 3 aromatic rings. The normalized spacial score (nSPS) is 16.3. The van der Waals surface area contributed by atoms with E-state index in [0.29, 0.717) is 12.4 Å². The van der Waals surface area contributed by atoms with Crippen LogP contribution >= 0.6 is 11.3 Å². The molecule has 1 aliphatic heterocycles. The number of thiazole rings is 1. The van der Waals surface area contributed by atoms with Crippen molar-refractivity contribution in [2.45, 2.75) is 30.3 Å². The van der Waals surface area contributed by atoms with Crippen LogP contribution in [0.25, 0.3) is 10.2 Å². The van der Waals surface area contributed by atoms with Gasteiger partial charge >= 0.3 is 0 Å². The molecule has 1 saturated heterocycles. The topological polar surface area (TPSA) is 85.8 Å². The van der Waals surface area contributed by atoms with Crippen LogP contribution < -0.4 is 9.64 Å². The molecule has 176 valence electrons. The Balaban J connectivity index is 1.56. The number of aromatic nitrogens is 1. The molecule has 0 spiro atoms. The first-order chi connectivity index (χ1) is 15.8. The van der Waals surface area contributed by atoms with Crippen LogP contribution in [0.4, 0.5) is 13.9 Å². The predicted molar refractivity (Wildman–Crippen MR) is 121 cm³/mol. The van der Waals surface area contributed by atoms with Gasteiger partial charge in [0.1, 0.15) is 17.1 Å². The Bertz CT molecular complexity index is 1260. The zero-order valence-corrected chi connectivity index (χ0v) is 19.4. The van der Waals surface area contributed by atoms with Gasteiger partial charge < -0.3 is 9.47 Å². The van der Waals surface area contributed by atoms with Crippen molar-refractivity contribution in [3.8, 4) is 5.75 Å². The Morgan fingerprint density at radius 1 is 1.27 bits per heavy atom. The molecule has 2 aromatic carbocycles. The van der Waals surface area contributed by atoms with Crippen LogP contribution in [0.3, 0.4) is 0 Å². The highest BCUT2D eigenvalue weighted by Gasteiger charge is 2.28. The van der Waals surface area contributed by atoms with Crippen molar-refractivity contribution in [1.29, 1.82) is 0 Å². The Morgan fingerprint density at radius 3 is 2.70 bits per heavy atom. The molecular formula is C22H22F2N2O5S2. The molecule has 4 rings (SSSR count). The highest BCUT2D eigenvalue weighted by atomic mass is 32.2. The maximum atomic E-state index is 14.2. The minimum absolute atomic E-state index is 0.0348. The second-order valence-electron chi connectivity index (χ2n) is 7.61. The van der Waals surface area contributed by atoms with Crippen LogP contribution in [0.2, 0.25) is 0 Å². The van der Waals surface area contributed by atoms with Crippen LogP contribution in [-0.4, -0.2) is 51.4 Å². The standard InChI is InChI=1S/C22H22F2N2O5S2/c1-30-15-4-6-17(7-5-15)33(28,29)10-8-20(27)26(13-16-3-2-9-31-16)22-25-21-18(24)11-14(23)12-19(21)32-22/h4-7,11-12,16H,2-3,8-10,13H2,1H3. The van der Waals surface area contributed by atoms with Gasteiger partial charge in [-0.3, -0.25) is 9.69 Å². The van der Waals surface area contributed by atoms with Gasteiger partial charge in [0.2, 0.25) is 5.91 Å². The number of methoxy groups -OCH3 is 1. The molecule has 11 heteroatoms. The van der Waals surface area contributed by atoms with Crippen LogP contribution in [-0.2, 0) is 19.4 Å². The van der Waals surface area contributed by atoms with E-state index in [2.05, 4.69) is 4.98 Å². The largest absolute Gasteiger partial charge is 0.497 e. The van der Waals surface area contributed by atoms with E-state index in [4.69, 9.17) is 9.47 Å². The number of benzene rings is 2. The summed E-state index contributed by atoms with van der Waals surface area (Å²) in [5.41, 5.74) is -0.0348. The van der Waals surface area contributed by atoms with E-state index >= 15 is 0 Å². The third-order valence-electron chi connectivity index (χ3n) is 5.35. The molecule has 0 radical (unpaired) electrons. The number of anilines is 1. The van der Waals surface area contributed by atoms with E-state index in [1.54, 1.807) is 0 Å². The number of carbonyl (C=O) groups excluding carboxylic acids is 1. The predicted octanol–water partition coefficient (Wildman–Crippen LogP) is 3.96. The van der Waals surface area contributed by atoms with E-state index in [0.717, 1.165) is 36.3 Å². The number of hydrogen-bond acceptors (Lipinski definition) is 7. The fourth-order valence-corrected chi connectivity index (χ4v) is 5.86.